The van der Waals surface area contributed by atoms with Gasteiger partial charge in [0.15, 0.2) is 0 Å². The van der Waals surface area contributed by atoms with Gasteiger partial charge in [-0.2, -0.15) is 0 Å². The van der Waals surface area contributed by atoms with E-state index in [1.807, 2.05) is 24.7 Å². The van der Waals surface area contributed by atoms with Gasteiger partial charge in [-0.1, -0.05) is 25.0 Å². The summed E-state index contributed by atoms with van der Waals surface area (Å²) in [6, 6.07) is 8.29. The highest BCUT2D eigenvalue weighted by Gasteiger charge is 2.03. The van der Waals surface area contributed by atoms with Gasteiger partial charge in [0.1, 0.15) is 0 Å². The number of anilines is 1. The average Bonchev–Trinajstić information content (AvgIpc) is 3.15. The Kier molecular flexibility index (Phi) is 6.16. The maximum atomic E-state index is 10.9. The van der Waals surface area contributed by atoms with Crippen LogP contribution in [0, 0.1) is 0 Å². The van der Waals surface area contributed by atoms with Gasteiger partial charge in [-0.05, 0) is 35.9 Å². The Bertz CT molecular complexity index is 845. The zero-order valence-electron chi connectivity index (χ0n) is 14.5. The highest BCUT2D eigenvalue weighted by Crippen LogP contribution is 2.23. The van der Waals surface area contributed by atoms with Crippen LogP contribution in [-0.4, -0.2) is 32.6 Å². The summed E-state index contributed by atoms with van der Waals surface area (Å²) in [5.74, 6) is 0.293. The van der Waals surface area contributed by atoms with Crippen LogP contribution in [-0.2, 0) is 4.79 Å². The SMILES string of the molecule is O=C(CCCCCCNc1ncc(-c2ccc3cc[nH]c3c2)cn1)NO. The number of rotatable bonds is 9. The topological polar surface area (TPSA) is 103 Å². The van der Waals surface area contributed by atoms with Gasteiger partial charge < -0.3 is 10.3 Å². The van der Waals surface area contributed by atoms with Crippen LogP contribution >= 0.6 is 0 Å². The number of aromatic amines is 1. The Balaban J connectivity index is 1.42. The molecular formula is C19H23N5O2. The number of benzene rings is 1. The molecule has 0 fully saturated rings. The first-order chi connectivity index (χ1) is 12.8. The van der Waals surface area contributed by atoms with E-state index in [0.717, 1.165) is 48.9 Å². The van der Waals surface area contributed by atoms with Crippen molar-refractivity contribution in [2.45, 2.75) is 32.1 Å². The Hall–Kier alpha value is -2.93. The monoisotopic (exact) mass is 353 g/mol. The van der Waals surface area contributed by atoms with E-state index in [2.05, 4.69) is 38.5 Å². The van der Waals surface area contributed by atoms with Crippen molar-refractivity contribution in [2.75, 3.05) is 11.9 Å². The second-order valence-electron chi connectivity index (χ2n) is 6.20. The molecule has 1 amide bonds. The summed E-state index contributed by atoms with van der Waals surface area (Å²) in [5.41, 5.74) is 4.80. The van der Waals surface area contributed by atoms with Crippen LogP contribution in [0.3, 0.4) is 0 Å². The zero-order chi connectivity index (χ0) is 18.2. The predicted octanol–water partition coefficient (Wildman–Crippen LogP) is 3.49. The molecule has 7 nitrogen and oxygen atoms in total. The van der Waals surface area contributed by atoms with Gasteiger partial charge in [-0.3, -0.25) is 10.0 Å². The van der Waals surface area contributed by atoms with Crippen LogP contribution in [0.15, 0.2) is 42.9 Å². The summed E-state index contributed by atoms with van der Waals surface area (Å²) >= 11 is 0. The van der Waals surface area contributed by atoms with Gasteiger partial charge in [0.25, 0.3) is 0 Å². The van der Waals surface area contributed by atoms with Gasteiger partial charge in [0, 0.05) is 42.6 Å². The number of nitrogens with zero attached hydrogens (tertiary/aromatic N) is 2. The van der Waals surface area contributed by atoms with E-state index in [1.54, 1.807) is 5.48 Å². The second kappa shape index (κ2) is 8.96. The van der Waals surface area contributed by atoms with Crippen molar-refractivity contribution < 1.29 is 10.0 Å². The molecule has 4 N–H and O–H groups in total. The molecule has 2 aromatic heterocycles. The second-order valence-corrected chi connectivity index (χ2v) is 6.20. The molecule has 136 valence electrons. The summed E-state index contributed by atoms with van der Waals surface area (Å²) in [6.07, 6.45) is 9.68. The average molecular weight is 353 g/mol. The number of hydrogen-bond donors (Lipinski definition) is 4. The first-order valence-electron chi connectivity index (χ1n) is 8.82. The van der Waals surface area contributed by atoms with E-state index in [4.69, 9.17) is 5.21 Å². The van der Waals surface area contributed by atoms with Crippen LogP contribution in [0.4, 0.5) is 5.95 Å². The zero-order valence-corrected chi connectivity index (χ0v) is 14.5. The third-order valence-corrected chi connectivity index (χ3v) is 4.28. The Labute approximate surface area is 151 Å². The van der Waals surface area contributed by atoms with Crippen LogP contribution < -0.4 is 10.8 Å². The standard InChI is InChI=1S/C19H23N5O2/c25-18(24-26)5-3-1-2-4-9-21-19-22-12-16(13-23-19)15-7-6-14-8-10-20-17(14)11-15/h6-8,10-13,20,26H,1-5,9H2,(H,24,25)(H,21,22,23). The van der Waals surface area contributed by atoms with E-state index < -0.39 is 0 Å². The number of hydroxylamine groups is 1. The fraction of sp³-hybridized carbons (Fsp3) is 0.316. The van der Waals surface area contributed by atoms with E-state index in [-0.39, 0.29) is 5.91 Å². The fourth-order valence-corrected chi connectivity index (χ4v) is 2.82. The Morgan fingerprint density at radius 3 is 2.65 bits per heavy atom. The number of amides is 1. The summed E-state index contributed by atoms with van der Waals surface area (Å²) < 4.78 is 0. The highest BCUT2D eigenvalue weighted by molar-refractivity contribution is 5.84. The lowest BCUT2D eigenvalue weighted by atomic mass is 10.1. The molecular weight excluding hydrogens is 330 g/mol. The number of nitrogens with one attached hydrogen (secondary N) is 3. The molecule has 0 radical (unpaired) electrons. The molecule has 2 heterocycles. The molecule has 0 saturated carbocycles. The lowest BCUT2D eigenvalue weighted by molar-refractivity contribution is -0.129. The van der Waals surface area contributed by atoms with Gasteiger partial charge >= 0.3 is 0 Å². The maximum absolute atomic E-state index is 10.9. The van der Waals surface area contributed by atoms with Crippen LogP contribution in [0.1, 0.15) is 32.1 Å². The minimum absolute atomic E-state index is 0.327. The minimum Gasteiger partial charge on any atom is -0.361 e. The number of H-pyrrole nitrogens is 1. The molecule has 26 heavy (non-hydrogen) atoms. The summed E-state index contributed by atoms with van der Waals surface area (Å²) in [5, 5.41) is 12.8. The van der Waals surface area contributed by atoms with E-state index in [0.29, 0.717) is 12.4 Å². The van der Waals surface area contributed by atoms with Crippen molar-refractivity contribution in [2.24, 2.45) is 0 Å². The van der Waals surface area contributed by atoms with Crippen LogP contribution in [0.25, 0.3) is 22.0 Å². The number of carbonyl (C=O) groups is 1. The first kappa shape index (κ1) is 17.9. The van der Waals surface area contributed by atoms with Crippen molar-refractivity contribution in [1.29, 1.82) is 0 Å². The van der Waals surface area contributed by atoms with Crippen LogP contribution in [0.2, 0.25) is 0 Å². The summed E-state index contributed by atoms with van der Waals surface area (Å²) in [7, 11) is 0. The number of aromatic nitrogens is 3. The van der Waals surface area contributed by atoms with E-state index in [1.165, 1.54) is 5.39 Å². The maximum Gasteiger partial charge on any atom is 0.243 e. The molecule has 0 aliphatic rings. The third-order valence-electron chi connectivity index (χ3n) is 4.28. The van der Waals surface area contributed by atoms with Crippen molar-refractivity contribution in [3.8, 4) is 11.1 Å². The van der Waals surface area contributed by atoms with Gasteiger partial charge in [-0.25, -0.2) is 15.4 Å². The molecule has 0 spiro atoms. The number of unbranched alkanes of at least 4 members (excludes halogenated alkanes) is 3. The molecule has 1 aromatic carbocycles. The van der Waals surface area contributed by atoms with Crippen molar-refractivity contribution in [3.63, 3.8) is 0 Å². The van der Waals surface area contributed by atoms with Crippen molar-refractivity contribution in [1.82, 2.24) is 20.4 Å². The molecule has 3 aromatic rings. The molecule has 0 saturated heterocycles. The minimum atomic E-state index is -0.327. The molecule has 0 atom stereocenters. The molecule has 7 heteroatoms. The Morgan fingerprint density at radius 2 is 1.85 bits per heavy atom. The third kappa shape index (κ3) is 4.80. The predicted molar refractivity (Wildman–Crippen MR) is 101 cm³/mol. The largest absolute Gasteiger partial charge is 0.361 e. The number of fused-ring (bicyclic) bond motifs is 1. The number of carbonyl (C=O) groups excluding carboxylic acids is 1. The van der Waals surface area contributed by atoms with Gasteiger partial charge in [0.05, 0.1) is 0 Å². The molecule has 0 aliphatic carbocycles. The van der Waals surface area contributed by atoms with Crippen molar-refractivity contribution >= 4 is 22.8 Å². The molecule has 0 bridgehead atoms. The quantitative estimate of drug-likeness (QED) is 0.268. The van der Waals surface area contributed by atoms with Crippen LogP contribution in [0.5, 0.6) is 0 Å². The summed E-state index contributed by atoms with van der Waals surface area (Å²) in [6.45, 7) is 0.792. The fourth-order valence-electron chi connectivity index (χ4n) is 2.82. The first-order valence-corrected chi connectivity index (χ1v) is 8.82. The van der Waals surface area contributed by atoms with Gasteiger partial charge in [-0.15, -0.1) is 0 Å². The van der Waals surface area contributed by atoms with E-state index in [9.17, 15) is 4.79 Å². The molecule has 0 unspecified atom stereocenters. The van der Waals surface area contributed by atoms with E-state index >= 15 is 0 Å². The lowest BCUT2D eigenvalue weighted by Crippen LogP contribution is -2.17. The lowest BCUT2D eigenvalue weighted by Gasteiger charge is -2.06. The summed E-state index contributed by atoms with van der Waals surface area (Å²) in [4.78, 5) is 22.8. The Morgan fingerprint density at radius 1 is 1.04 bits per heavy atom. The molecule has 0 aliphatic heterocycles. The highest BCUT2D eigenvalue weighted by atomic mass is 16.5. The molecule has 3 rings (SSSR count). The van der Waals surface area contributed by atoms with Crippen molar-refractivity contribution in [3.05, 3.63) is 42.9 Å². The number of hydrogen-bond acceptors (Lipinski definition) is 5. The van der Waals surface area contributed by atoms with Gasteiger partial charge in [0.2, 0.25) is 11.9 Å². The normalized spacial score (nSPS) is 10.8. The smallest absolute Gasteiger partial charge is 0.243 e.